The van der Waals surface area contributed by atoms with E-state index in [1.807, 2.05) is 56.3 Å². The van der Waals surface area contributed by atoms with Gasteiger partial charge in [0.05, 0.1) is 31.4 Å². The van der Waals surface area contributed by atoms with Gasteiger partial charge in [0.25, 0.3) is 0 Å². The van der Waals surface area contributed by atoms with Gasteiger partial charge in [-0.2, -0.15) is 0 Å². The summed E-state index contributed by atoms with van der Waals surface area (Å²) in [5.74, 6) is 0.113. The molecule has 7 heteroatoms. The Morgan fingerprint density at radius 2 is 1.71 bits per heavy atom. The second kappa shape index (κ2) is 10.7. The van der Waals surface area contributed by atoms with E-state index < -0.39 is 0 Å². The van der Waals surface area contributed by atoms with Gasteiger partial charge in [-0.05, 0) is 62.5 Å². The molecule has 1 aliphatic carbocycles. The number of carbonyl (C=O) groups is 2. The molecule has 38 heavy (non-hydrogen) atoms. The minimum absolute atomic E-state index is 0.0781. The van der Waals surface area contributed by atoms with Crippen molar-refractivity contribution < 1.29 is 28.3 Å². The molecule has 3 heterocycles. The average Bonchev–Trinajstić information content (AvgIpc) is 3.32. The first-order valence-corrected chi connectivity index (χ1v) is 13.3. The number of hydrogen-bond acceptors (Lipinski definition) is 7. The molecule has 1 atom stereocenters. The number of fused-ring (bicyclic) bond motifs is 3. The van der Waals surface area contributed by atoms with Crippen LogP contribution >= 0.6 is 0 Å². The van der Waals surface area contributed by atoms with Crippen LogP contribution < -0.4 is 0 Å². The van der Waals surface area contributed by atoms with Crippen LogP contribution in [0.25, 0.3) is 11.3 Å². The lowest BCUT2D eigenvalue weighted by Gasteiger charge is -2.53. The zero-order valence-corrected chi connectivity index (χ0v) is 22.3. The van der Waals surface area contributed by atoms with Gasteiger partial charge in [-0.1, -0.05) is 59.8 Å². The van der Waals surface area contributed by atoms with E-state index in [0.29, 0.717) is 24.5 Å². The van der Waals surface area contributed by atoms with E-state index in [9.17, 15) is 9.59 Å². The molecule has 0 radical (unpaired) electrons. The van der Waals surface area contributed by atoms with Crippen LogP contribution in [0.5, 0.6) is 0 Å². The van der Waals surface area contributed by atoms with Crippen LogP contribution in [-0.4, -0.2) is 30.8 Å². The Balaban J connectivity index is 1.25. The van der Waals surface area contributed by atoms with E-state index in [1.165, 1.54) is 7.11 Å². The van der Waals surface area contributed by atoms with Crippen LogP contribution in [0.15, 0.2) is 59.1 Å². The van der Waals surface area contributed by atoms with Crippen molar-refractivity contribution in [3.05, 3.63) is 77.0 Å². The highest BCUT2D eigenvalue weighted by molar-refractivity contribution is 5.77. The van der Waals surface area contributed by atoms with Gasteiger partial charge in [-0.15, -0.1) is 0 Å². The molecular formula is C31H35NO6. The highest BCUT2D eigenvalue weighted by Gasteiger charge is 2.50. The number of benzene rings is 2. The maximum Gasteiger partial charge on any atom is 0.311 e. The van der Waals surface area contributed by atoms with E-state index >= 15 is 0 Å². The van der Waals surface area contributed by atoms with Gasteiger partial charge in [-0.3, -0.25) is 9.59 Å². The minimum Gasteiger partial charge on any atom is -0.469 e. The maximum atomic E-state index is 12.8. The van der Waals surface area contributed by atoms with Gasteiger partial charge in [-0.25, -0.2) is 0 Å². The van der Waals surface area contributed by atoms with Crippen molar-refractivity contribution in [2.24, 2.45) is 5.41 Å². The topological polar surface area (TPSA) is 87.9 Å². The molecule has 2 bridgehead atoms. The van der Waals surface area contributed by atoms with Crippen molar-refractivity contribution in [1.82, 2.24) is 5.16 Å². The summed E-state index contributed by atoms with van der Waals surface area (Å²) in [6.07, 6.45) is 4.97. The standard InChI is InChI=1S/C31H35NO6/c1-21-26(19-28(34)37-22(2)23-7-5-4-6-8-23)29(38-32-21)24-9-11-25(12-10-24)31-17-15-30(16-18-31,20-36-31)14-13-27(33)35-3/h4-12,22H,13-20H2,1-3H3/t22-,30?,31?/m1/s1. The fraction of sp³-hybridized carbons (Fsp3) is 0.452. The number of methoxy groups -OCH3 is 1. The number of carbonyl (C=O) groups excluding carboxylic acids is 2. The molecule has 3 aliphatic rings. The number of aromatic nitrogens is 1. The average molecular weight is 518 g/mol. The lowest BCUT2D eigenvalue weighted by molar-refractivity contribution is -0.192. The number of ether oxygens (including phenoxy) is 3. The molecule has 2 aliphatic heterocycles. The predicted molar refractivity (Wildman–Crippen MR) is 141 cm³/mol. The number of nitrogens with zero attached hydrogens (tertiary/aromatic N) is 1. The Morgan fingerprint density at radius 1 is 1.00 bits per heavy atom. The number of rotatable bonds is 9. The van der Waals surface area contributed by atoms with Crippen molar-refractivity contribution in [2.45, 2.75) is 70.5 Å². The molecule has 1 saturated carbocycles. The SMILES string of the molecule is COC(=O)CCC12CCC(c3ccc(-c4onc(C)c4CC(=O)O[C@H](C)c4ccccc4)cc3)(CC1)OC2. The molecule has 0 spiro atoms. The van der Waals surface area contributed by atoms with Crippen LogP contribution in [0.3, 0.4) is 0 Å². The normalized spacial score (nSPS) is 23.1. The Bertz CT molecular complexity index is 1250. The first kappa shape index (κ1) is 26.2. The molecule has 2 saturated heterocycles. The van der Waals surface area contributed by atoms with Crippen LogP contribution in [0.1, 0.15) is 73.9 Å². The van der Waals surface area contributed by atoms with Crippen LogP contribution in [0.4, 0.5) is 0 Å². The number of esters is 2. The van der Waals surface area contributed by atoms with Crippen molar-refractivity contribution in [2.75, 3.05) is 13.7 Å². The summed E-state index contributed by atoms with van der Waals surface area (Å²) in [6.45, 7) is 4.38. The van der Waals surface area contributed by atoms with Crippen molar-refractivity contribution in [1.29, 1.82) is 0 Å². The highest BCUT2D eigenvalue weighted by Crippen LogP contribution is 2.55. The highest BCUT2D eigenvalue weighted by atomic mass is 16.5. The molecule has 0 N–H and O–H groups in total. The van der Waals surface area contributed by atoms with Gasteiger partial charge < -0.3 is 18.7 Å². The van der Waals surface area contributed by atoms with E-state index in [0.717, 1.165) is 54.4 Å². The maximum absolute atomic E-state index is 12.8. The molecular weight excluding hydrogens is 482 g/mol. The predicted octanol–water partition coefficient (Wildman–Crippen LogP) is 6.24. The largest absolute Gasteiger partial charge is 0.469 e. The third-order valence-corrected chi connectivity index (χ3v) is 8.42. The first-order chi connectivity index (χ1) is 18.3. The molecule has 2 aromatic carbocycles. The first-order valence-electron chi connectivity index (χ1n) is 13.3. The van der Waals surface area contributed by atoms with Gasteiger partial charge >= 0.3 is 11.9 Å². The quantitative estimate of drug-likeness (QED) is 0.311. The van der Waals surface area contributed by atoms with Gasteiger partial charge in [0.2, 0.25) is 0 Å². The molecule has 1 aromatic heterocycles. The number of hydrogen-bond donors (Lipinski definition) is 0. The molecule has 7 nitrogen and oxygen atoms in total. The summed E-state index contributed by atoms with van der Waals surface area (Å²) in [5.41, 5.74) is 4.17. The van der Waals surface area contributed by atoms with Gasteiger partial charge in [0.1, 0.15) is 6.10 Å². The van der Waals surface area contributed by atoms with Crippen molar-refractivity contribution in [3.8, 4) is 11.3 Å². The Kier molecular flexibility index (Phi) is 7.39. The lowest BCUT2D eigenvalue weighted by atomic mass is 9.62. The van der Waals surface area contributed by atoms with Crippen LogP contribution in [-0.2, 0) is 35.8 Å². The minimum atomic E-state index is -0.337. The molecule has 6 rings (SSSR count). The Hall–Kier alpha value is -3.45. The molecule has 3 fully saturated rings. The summed E-state index contributed by atoms with van der Waals surface area (Å²) >= 11 is 0. The van der Waals surface area contributed by atoms with Crippen molar-refractivity contribution in [3.63, 3.8) is 0 Å². The molecule has 0 amide bonds. The summed E-state index contributed by atoms with van der Waals surface area (Å²) in [7, 11) is 1.44. The van der Waals surface area contributed by atoms with Crippen LogP contribution in [0, 0.1) is 12.3 Å². The van der Waals surface area contributed by atoms with E-state index in [1.54, 1.807) is 0 Å². The fourth-order valence-corrected chi connectivity index (χ4v) is 5.85. The zero-order valence-electron chi connectivity index (χ0n) is 22.3. The smallest absolute Gasteiger partial charge is 0.311 e. The zero-order chi connectivity index (χ0) is 26.8. The lowest BCUT2D eigenvalue weighted by Crippen LogP contribution is -2.49. The Labute approximate surface area is 223 Å². The fourth-order valence-electron chi connectivity index (χ4n) is 5.85. The van der Waals surface area contributed by atoms with Gasteiger partial charge in [0, 0.05) is 17.5 Å². The second-order valence-corrected chi connectivity index (χ2v) is 10.7. The van der Waals surface area contributed by atoms with Crippen LogP contribution in [0.2, 0.25) is 0 Å². The summed E-state index contributed by atoms with van der Waals surface area (Å²) < 4.78 is 22.6. The monoisotopic (exact) mass is 517 g/mol. The third kappa shape index (κ3) is 5.25. The number of aryl methyl sites for hydroxylation is 1. The third-order valence-electron chi connectivity index (χ3n) is 8.42. The van der Waals surface area contributed by atoms with E-state index in [2.05, 4.69) is 17.3 Å². The van der Waals surface area contributed by atoms with E-state index in [-0.39, 0.29) is 35.5 Å². The Morgan fingerprint density at radius 3 is 2.34 bits per heavy atom. The molecule has 200 valence electrons. The van der Waals surface area contributed by atoms with Gasteiger partial charge in [0.15, 0.2) is 5.76 Å². The molecule has 0 unspecified atom stereocenters. The molecule has 3 aromatic rings. The van der Waals surface area contributed by atoms with E-state index in [4.69, 9.17) is 18.7 Å². The summed E-state index contributed by atoms with van der Waals surface area (Å²) in [6, 6.07) is 17.9. The summed E-state index contributed by atoms with van der Waals surface area (Å²) in [5, 5.41) is 4.14. The summed E-state index contributed by atoms with van der Waals surface area (Å²) in [4.78, 5) is 24.4. The second-order valence-electron chi connectivity index (χ2n) is 10.7. The van der Waals surface area contributed by atoms with Crippen molar-refractivity contribution >= 4 is 11.9 Å².